The molecule has 0 amide bonds. The van der Waals surface area contributed by atoms with Crippen molar-refractivity contribution in [1.82, 2.24) is 0 Å². The summed E-state index contributed by atoms with van der Waals surface area (Å²) in [6.45, 7) is 0.163. The number of esters is 1. The van der Waals surface area contributed by atoms with E-state index >= 15 is 0 Å². The van der Waals surface area contributed by atoms with E-state index < -0.39 is 5.97 Å². The Hall–Kier alpha value is -1.57. The SMILES string of the molecule is COC(=O)c1cc(C#N)c(Cl)cc1CN. The lowest BCUT2D eigenvalue weighted by atomic mass is 10.0. The minimum absolute atomic E-state index is 0.163. The van der Waals surface area contributed by atoms with E-state index in [1.165, 1.54) is 19.2 Å². The monoisotopic (exact) mass is 224 g/mol. The molecule has 0 saturated heterocycles. The van der Waals surface area contributed by atoms with Crippen molar-refractivity contribution in [1.29, 1.82) is 5.26 Å². The van der Waals surface area contributed by atoms with E-state index in [0.717, 1.165) is 0 Å². The van der Waals surface area contributed by atoms with Crippen LogP contribution in [0.5, 0.6) is 0 Å². The first kappa shape index (κ1) is 11.5. The van der Waals surface area contributed by atoms with Gasteiger partial charge in [-0.05, 0) is 17.7 Å². The predicted molar refractivity (Wildman–Crippen MR) is 55.4 cm³/mol. The van der Waals surface area contributed by atoms with Crippen LogP contribution in [0.4, 0.5) is 0 Å². The van der Waals surface area contributed by atoms with Gasteiger partial charge in [0.25, 0.3) is 0 Å². The smallest absolute Gasteiger partial charge is 0.338 e. The molecule has 0 aliphatic heterocycles. The molecule has 5 heteroatoms. The molecular formula is C10H9ClN2O2. The number of ether oxygens (including phenoxy) is 1. The molecule has 1 rings (SSSR count). The zero-order valence-corrected chi connectivity index (χ0v) is 8.84. The lowest BCUT2D eigenvalue weighted by molar-refractivity contribution is 0.0599. The Balaban J connectivity index is 3.36. The zero-order valence-electron chi connectivity index (χ0n) is 8.08. The Morgan fingerprint density at radius 1 is 1.67 bits per heavy atom. The van der Waals surface area contributed by atoms with Gasteiger partial charge in [-0.25, -0.2) is 4.79 Å². The molecular weight excluding hydrogens is 216 g/mol. The number of hydrogen-bond donors (Lipinski definition) is 1. The molecule has 0 atom stereocenters. The maximum atomic E-state index is 11.3. The van der Waals surface area contributed by atoms with Gasteiger partial charge in [-0.2, -0.15) is 5.26 Å². The highest BCUT2D eigenvalue weighted by Gasteiger charge is 2.14. The average Bonchev–Trinajstić information content (AvgIpc) is 2.27. The molecule has 0 radical (unpaired) electrons. The number of nitrogens with two attached hydrogens (primary N) is 1. The van der Waals surface area contributed by atoms with Crippen molar-refractivity contribution in [3.05, 3.63) is 33.8 Å². The molecule has 0 aliphatic rings. The zero-order chi connectivity index (χ0) is 11.4. The van der Waals surface area contributed by atoms with Gasteiger partial charge >= 0.3 is 5.97 Å². The summed E-state index contributed by atoms with van der Waals surface area (Å²) in [5, 5.41) is 9.03. The molecule has 0 bridgehead atoms. The first-order chi connectivity index (χ1) is 7.13. The molecule has 0 saturated carbocycles. The van der Waals surface area contributed by atoms with Crippen LogP contribution in [0.3, 0.4) is 0 Å². The molecule has 1 aromatic rings. The van der Waals surface area contributed by atoms with Crippen LogP contribution >= 0.6 is 11.6 Å². The fraction of sp³-hybridized carbons (Fsp3) is 0.200. The predicted octanol–water partition coefficient (Wildman–Crippen LogP) is 1.46. The normalized spacial score (nSPS) is 9.47. The molecule has 0 heterocycles. The lowest BCUT2D eigenvalue weighted by Gasteiger charge is -2.07. The summed E-state index contributed by atoms with van der Waals surface area (Å²) in [6, 6.07) is 4.78. The second-order valence-electron chi connectivity index (χ2n) is 2.80. The van der Waals surface area contributed by atoms with E-state index in [9.17, 15) is 4.79 Å². The highest BCUT2D eigenvalue weighted by molar-refractivity contribution is 6.32. The lowest BCUT2D eigenvalue weighted by Crippen LogP contribution is -2.09. The average molecular weight is 225 g/mol. The molecule has 78 valence electrons. The van der Waals surface area contributed by atoms with Gasteiger partial charge in [-0.3, -0.25) is 0 Å². The van der Waals surface area contributed by atoms with Crippen molar-refractivity contribution in [2.24, 2.45) is 5.73 Å². The van der Waals surface area contributed by atoms with Crippen LogP contribution < -0.4 is 5.73 Å². The molecule has 0 aliphatic carbocycles. The largest absolute Gasteiger partial charge is 0.465 e. The summed E-state index contributed by atoms with van der Waals surface area (Å²) in [6.07, 6.45) is 0. The summed E-state index contributed by atoms with van der Waals surface area (Å²) >= 11 is 5.80. The number of carbonyl (C=O) groups is 1. The number of benzene rings is 1. The molecule has 0 aromatic heterocycles. The number of nitriles is 1. The Bertz CT molecular complexity index is 438. The van der Waals surface area contributed by atoms with Crippen molar-refractivity contribution >= 4 is 17.6 Å². The Morgan fingerprint density at radius 3 is 2.80 bits per heavy atom. The molecule has 0 spiro atoms. The van der Waals surface area contributed by atoms with Gasteiger partial charge in [0.05, 0.1) is 23.3 Å². The van der Waals surface area contributed by atoms with Crippen molar-refractivity contribution in [3.8, 4) is 6.07 Å². The van der Waals surface area contributed by atoms with Crippen LogP contribution in [-0.2, 0) is 11.3 Å². The quantitative estimate of drug-likeness (QED) is 0.772. The summed E-state index contributed by atoms with van der Waals surface area (Å²) in [5.74, 6) is -0.524. The minimum Gasteiger partial charge on any atom is -0.465 e. The highest BCUT2D eigenvalue weighted by atomic mass is 35.5. The van der Waals surface area contributed by atoms with E-state index in [1.54, 1.807) is 0 Å². The first-order valence-corrected chi connectivity index (χ1v) is 4.52. The fourth-order valence-corrected chi connectivity index (χ4v) is 1.40. The summed E-state index contributed by atoms with van der Waals surface area (Å²) in [4.78, 5) is 11.3. The molecule has 1 aromatic carbocycles. The van der Waals surface area contributed by atoms with Crippen LogP contribution in [0, 0.1) is 11.3 Å². The van der Waals surface area contributed by atoms with E-state index in [0.29, 0.717) is 5.56 Å². The van der Waals surface area contributed by atoms with Gasteiger partial charge in [0, 0.05) is 6.54 Å². The van der Waals surface area contributed by atoms with Gasteiger partial charge in [0.15, 0.2) is 0 Å². The van der Waals surface area contributed by atoms with Crippen LogP contribution in [0.2, 0.25) is 5.02 Å². The fourth-order valence-electron chi connectivity index (χ4n) is 1.17. The number of hydrogen-bond acceptors (Lipinski definition) is 4. The summed E-state index contributed by atoms with van der Waals surface area (Å²) in [7, 11) is 1.27. The third-order valence-electron chi connectivity index (χ3n) is 1.94. The Kier molecular flexibility index (Phi) is 3.67. The standard InChI is InChI=1S/C10H9ClN2O2/c1-15-10(14)8-2-7(5-13)9(11)3-6(8)4-12/h2-3H,4,12H2,1H3. The number of carbonyl (C=O) groups excluding carboxylic acids is 1. The van der Waals surface area contributed by atoms with E-state index in [1.807, 2.05) is 6.07 Å². The van der Waals surface area contributed by atoms with Crippen molar-refractivity contribution < 1.29 is 9.53 Å². The molecule has 4 nitrogen and oxygen atoms in total. The van der Waals surface area contributed by atoms with Gasteiger partial charge in [-0.15, -0.1) is 0 Å². The van der Waals surface area contributed by atoms with Crippen molar-refractivity contribution in [3.63, 3.8) is 0 Å². The number of halogens is 1. The minimum atomic E-state index is -0.524. The third-order valence-corrected chi connectivity index (χ3v) is 2.25. The topological polar surface area (TPSA) is 76.1 Å². The van der Waals surface area contributed by atoms with Crippen LogP contribution in [-0.4, -0.2) is 13.1 Å². The number of rotatable bonds is 2. The van der Waals surface area contributed by atoms with Gasteiger partial charge in [-0.1, -0.05) is 11.6 Å². The summed E-state index contributed by atoms with van der Waals surface area (Å²) < 4.78 is 4.57. The van der Waals surface area contributed by atoms with Gasteiger partial charge in [0.1, 0.15) is 6.07 Å². The second-order valence-corrected chi connectivity index (χ2v) is 3.20. The number of methoxy groups -OCH3 is 1. The Morgan fingerprint density at radius 2 is 2.33 bits per heavy atom. The van der Waals surface area contributed by atoms with Crippen molar-refractivity contribution in [2.45, 2.75) is 6.54 Å². The van der Waals surface area contributed by atoms with Crippen molar-refractivity contribution in [2.75, 3.05) is 7.11 Å². The van der Waals surface area contributed by atoms with E-state index in [2.05, 4.69) is 4.74 Å². The Labute approximate surface area is 92.2 Å². The molecule has 15 heavy (non-hydrogen) atoms. The molecule has 2 N–H and O–H groups in total. The first-order valence-electron chi connectivity index (χ1n) is 4.15. The maximum Gasteiger partial charge on any atom is 0.338 e. The van der Waals surface area contributed by atoms with Crippen LogP contribution in [0.1, 0.15) is 21.5 Å². The molecule has 0 unspecified atom stereocenters. The third kappa shape index (κ3) is 2.27. The second kappa shape index (κ2) is 4.78. The van der Waals surface area contributed by atoms with Gasteiger partial charge in [0.2, 0.25) is 0 Å². The highest BCUT2D eigenvalue weighted by Crippen LogP contribution is 2.21. The number of nitrogens with zero attached hydrogens (tertiary/aromatic N) is 1. The maximum absolute atomic E-state index is 11.3. The molecule has 0 fully saturated rings. The van der Waals surface area contributed by atoms with Crippen LogP contribution in [0.15, 0.2) is 12.1 Å². The van der Waals surface area contributed by atoms with E-state index in [-0.39, 0.29) is 22.7 Å². The van der Waals surface area contributed by atoms with Crippen LogP contribution in [0.25, 0.3) is 0 Å². The van der Waals surface area contributed by atoms with Gasteiger partial charge < -0.3 is 10.5 Å². The summed E-state index contributed by atoms with van der Waals surface area (Å²) in [5.41, 5.74) is 6.52. The van der Waals surface area contributed by atoms with E-state index in [4.69, 9.17) is 22.6 Å².